The zero-order chi connectivity index (χ0) is 20.7. The van der Waals surface area contributed by atoms with Gasteiger partial charge in [-0.25, -0.2) is 4.98 Å². The summed E-state index contributed by atoms with van der Waals surface area (Å²) in [5.41, 5.74) is 8.35. The first-order chi connectivity index (χ1) is 14.5. The van der Waals surface area contributed by atoms with Gasteiger partial charge in [0.05, 0.1) is 6.20 Å². The highest BCUT2D eigenvalue weighted by Crippen LogP contribution is 2.59. The number of benzene rings is 1. The van der Waals surface area contributed by atoms with Crippen molar-refractivity contribution in [2.75, 3.05) is 17.2 Å². The molecular weight excluding hydrogens is 392 g/mol. The standard InChI is InChI=1S/C23H28N6S/c24-10-18-12-27-22(26-11-15-3-1-2-4-19(15)30)29-21(18)28-13-23-7-14-5-16(8-23)20(25)17(6-14)9-23/h1-4,12,14,16-17,20,30H,5-9,11,13,25H2,(H2,26,27,28,29)/t14?,16-,17+,20?,23?. The van der Waals surface area contributed by atoms with Crippen LogP contribution in [0.4, 0.5) is 11.8 Å². The van der Waals surface area contributed by atoms with E-state index in [1.165, 1.54) is 32.1 Å². The summed E-state index contributed by atoms with van der Waals surface area (Å²) in [5.74, 6) is 3.29. The summed E-state index contributed by atoms with van der Waals surface area (Å²) in [6.07, 6.45) is 7.88. The van der Waals surface area contributed by atoms with Gasteiger partial charge in [0, 0.05) is 24.0 Å². The van der Waals surface area contributed by atoms with Crippen LogP contribution in [0.5, 0.6) is 0 Å². The first-order valence-electron chi connectivity index (χ1n) is 10.8. The van der Waals surface area contributed by atoms with E-state index >= 15 is 0 Å². The second-order valence-electron chi connectivity index (χ2n) is 9.45. The van der Waals surface area contributed by atoms with Gasteiger partial charge in [-0.2, -0.15) is 10.2 Å². The van der Waals surface area contributed by atoms with Crippen LogP contribution in [0.25, 0.3) is 0 Å². The molecule has 0 amide bonds. The molecule has 0 spiro atoms. The quantitative estimate of drug-likeness (QED) is 0.530. The van der Waals surface area contributed by atoms with E-state index in [1.807, 2.05) is 24.3 Å². The molecule has 5 atom stereocenters. The molecule has 0 radical (unpaired) electrons. The van der Waals surface area contributed by atoms with E-state index in [4.69, 9.17) is 5.73 Å². The Balaban J connectivity index is 1.29. The van der Waals surface area contributed by atoms with Crippen LogP contribution in [-0.2, 0) is 6.54 Å². The van der Waals surface area contributed by atoms with Crippen molar-refractivity contribution in [2.45, 2.75) is 49.6 Å². The number of nitrogens with two attached hydrogens (primary N) is 1. The lowest BCUT2D eigenvalue weighted by atomic mass is 9.48. The molecule has 156 valence electrons. The number of nitriles is 1. The monoisotopic (exact) mass is 420 g/mol. The molecule has 4 fully saturated rings. The second-order valence-corrected chi connectivity index (χ2v) is 9.93. The molecule has 4 N–H and O–H groups in total. The molecule has 4 aliphatic carbocycles. The van der Waals surface area contributed by atoms with Crippen LogP contribution in [0.1, 0.15) is 43.2 Å². The molecule has 2 aromatic rings. The van der Waals surface area contributed by atoms with Gasteiger partial charge in [0.25, 0.3) is 0 Å². The van der Waals surface area contributed by atoms with Gasteiger partial charge in [-0.1, -0.05) is 18.2 Å². The largest absolute Gasteiger partial charge is 0.368 e. The van der Waals surface area contributed by atoms with Crippen molar-refractivity contribution in [2.24, 2.45) is 28.9 Å². The Morgan fingerprint density at radius 3 is 2.67 bits per heavy atom. The lowest BCUT2D eigenvalue weighted by molar-refractivity contribution is -0.0591. The van der Waals surface area contributed by atoms with Crippen molar-refractivity contribution in [3.63, 3.8) is 0 Å². The van der Waals surface area contributed by atoms with E-state index in [-0.39, 0.29) is 0 Å². The Morgan fingerprint density at radius 1 is 1.17 bits per heavy atom. The van der Waals surface area contributed by atoms with Crippen LogP contribution in [0.3, 0.4) is 0 Å². The summed E-state index contributed by atoms with van der Waals surface area (Å²) in [7, 11) is 0. The fraction of sp³-hybridized carbons (Fsp3) is 0.522. The zero-order valence-corrected chi connectivity index (χ0v) is 17.9. The molecule has 7 heteroatoms. The van der Waals surface area contributed by atoms with Crippen molar-refractivity contribution >= 4 is 24.4 Å². The third kappa shape index (κ3) is 3.63. The summed E-state index contributed by atoms with van der Waals surface area (Å²) in [6, 6.07) is 10.5. The number of hydrogen-bond acceptors (Lipinski definition) is 7. The average Bonchev–Trinajstić information content (AvgIpc) is 2.75. The lowest BCUT2D eigenvalue weighted by Crippen LogP contribution is -2.58. The Labute approximate surface area is 183 Å². The molecule has 0 aliphatic heterocycles. The predicted octanol–water partition coefficient (Wildman–Crippen LogP) is 3.81. The molecule has 0 saturated heterocycles. The number of aromatic nitrogens is 2. The minimum absolute atomic E-state index is 0.294. The van der Waals surface area contributed by atoms with Gasteiger partial charge in [-0.3, -0.25) is 0 Å². The van der Waals surface area contributed by atoms with Crippen LogP contribution >= 0.6 is 12.6 Å². The highest BCUT2D eigenvalue weighted by molar-refractivity contribution is 7.80. The Kier molecular flexibility index (Phi) is 5.08. The normalized spacial score (nSPS) is 31.4. The molecule has 4 bridgehead atoms. The number of hydrogen-bond donors (Lipinski definition) is 4. The first-order valence-corrected chi connectivity index (χ1v) is 11.3. The first kappa shape index (κ1) is 19.7. The van der Waals surface area contributed by atoms with Crippen LogP contribution in [0.15, 0.2) is 35.4 Å². The SMILES string of the molecule is N#Cc1cnc(NCc2ccccc2S)nc1NCC12CC3C[C@H](C1)C(N)[C@@H](C3)C2. The molecule has 6 nitrogen and oxygen atoms in total. The van der Waals surface area contributed by atoms with E-state index < -0.39 is 0 Å². The van der Waals surface area contributed by atoms with E-state index in [9.17, 15) is 5.26 Å². The second kappa shape index (κ2) is 7.75. The van der Waals surface area contributed by atoms with Gasteiger partial charge in [-0.05, 0) is 66.9 Å². The van der Waals surface area contributed by atoms with Gasteiger partial charge < -0.3 is 16.4 Å². The maximum absolute atomic E-state index is 9.53. The van der Waals surface area contributed by atoms with E-state index in [2.05, 4.69) is 39.3 Å². The fourth-order valence-corrected chi connectivity index (χ4v) is 6.48. The van der Waals surface area contributed by atoms with Gasteiger partial charge in [0.1, 0.15) is 17.5 Å². The van der Waals surface area contributed by atoms with Crippen molar-refractivity contribution in [3.8, 4) is 6.07 Å². The molecular formula is C23H28N6S. The third-order valence-electron chi connectivity index (χ3n) is 7.44. The lowest BCUT2D eigenvalue weighted by Gasteiger charge is -2.59. The van der Waals surface area contributed by atoms with E-state index in [0.717, 1.165) is 22.9 Å². The topological polar surface area (TPSA) is 99.6 Å². The number of rotatable bonds is 6. The maximum Gasteiger partial charge on any atom is 0.224 e. The highest BCUT2D eigenvalue weighted by atomic mass is 32.1. The molecule has 3 unspecified atom stereocenters. The van der Waals surface area contributed by atoms with Gasteiger partial charge in [0.15, 0.2) is 0 Å². The van der Waals surface area contributed by atoms with E-state index in [0.29, 0.717) is 47.2 Å². The molecule has 4 aliphatic rings. The number of nitrogens with zero attached hydrogens (tertiary/aromatic N) is 3. The van der Waals surface area contributed by atoms with Crippen molar-refractivity contribution in [1.29, 1.82) is 5.26 Å². The number of anilines is 2. The predicted molar refractivity (Wildman–Crippen MR) is 120 cm³/mol. The number of thiol groups is 1. The summed E-state index contributed by atoms with van der Waals surface area (Å²) < 4.78 is 0. The van der Waals surface area contributed by atoms with Gasteiger partial charge in [-0.15, -0.1) is 12.6 Å². The summed E-state index contributed by atoms with van der Waals surface area (Å²) in [6.45, 7) is 1.44. The molecule has 1 aromatic carbocycles. The van der Waals surface area contributed by atoms with Crippen molar-refractivity contribution in [3.05, 3.63) is 41.6 Å². The summed E-state index contributed by atoms with van der Waals surface area (Å²) >= 11 is 4.49. The molecule has 1 aromatic heterocycles. The molecule has 30 heavy (non-hydrogen) atoms. The summed E-state index contributed by atoms with van der Waals surface area (Å²) in [5, 5.41) is 16.3. The maximum atomic E-state index is 9.53. The molecule has 6 rings (SSSR count). The summed E-state index contributed by atoms with van der Waals surface area (Å²) in [4.78, 5) is 9.86. The van der Waals surface area contributed by atoms with Crippen molar-refractivity contribution < 1.29 is 0 Å². The van der Waals surface area contributed by atoms with Crippen LogP contribution in [0, 0.1) is 34.5 Å². The number of nitrogens with one attached hydrogen (secondary N) is 2. The average molecular weight is 421 g/mol. The van der Waals surface area contributed by atoms with Crippen LogP contribution in [-0.4, -0.2) is 22.6 Å². The van der Waals surface area contributed by atoms with Crippen LogP contribution in [0.2, 0.25) is 0 Å². The van der Waals surface area contributed by atoms with Crippen molar-refractivity contribution in [1.82, 2.24) is 9.97 Å². The Hall–Kier alpha value is -2.30. The van der Waals surface area contributed by atoms with E-state index in [1.54, 1.807) is 6.20 Å². The van der Waals surface area contributed by atoms with Crippen LogP contribution < -0.4 is 16.4 Å². The van der Waals surface area contributed by atoms with Gasteiger partial charge in [0.2, 0.25) is 5.95 Å². The third-order valence-corrected chi connectivity index (χ3v) is 7.88. The Morgan fingerprint density at radius 2 is 1.93 bits per heavy atom. The zero-order valence-electron chi connectivity index (χ0n) is 17.0. The Bertz CT molecular complexity index is 970. The fourth-order valence-electron chi connectivity index (χ4n) is 6.24. The molecule has 4 saturated carbocycles. The molecule has 1 heterocycles. The smallest absolute Gasteiger partial charge is 0.224 e. The minimum Gasteiger partial charge on any atom is -0.368 e. The van der Waals surface area contributed by atoms with Gasteiger partial charge >= 0.3 is 0 Å². The minimum atomic E-state index is 0.294. The highest BCUT2D eigenvalue weighted by Gasteiger charge is 2.54.